The van der Waals surface area contributed by atoms with E-state index in [0.29, 0.717) is 24.3 Å². The summed E-state index contributed by atoms with van der Waals surface area (Å²) in [5.41, 5.74) is 0.888. The molecule has 118 valence electrons. The van der Waals surface area contributed by atoms with Gasteiger partial charge in [-0.2, -0.15) is 0 Å². The second-order valence-electron chi connectivity index (χ2n) is 5.80. The molecule has 4 heteroatoms. The van der Waals surface area contributed by atoms with Crippen LogP contribution in [0.15, 0.2) is 18.2 Å². The van der Waals surface area contributed by atoms with Crippen LogP contribution in [-0.4, -0.2) is 37.2 Å². The summed E-state index contributed by atoms with van der Waals surface area (Å²) in [6.07, 6.45) is 2.50. The van der Waals surface area contributed by atoms with E-state index in [1.165, 1.54) is 31.5 Å². The summed E-state index contributed by atoms with van der Waals surface area (Å²) in [5.74, 6) is 0.970. The quantitative estimate of drug-likeness (QED) is 0.864. The van der Waals surface area contributed by atoms with Gasteiger partial charge in [-0.25, -0.2) is 4.39 Å². The molecule has 1 N–H and O–H groups in total. The predicted molar refractivity (Wildman–Crippen MR) is 85.5 cm³/mol. The van der Waals surface area contributed by atoms with Crippen molar-refractivity contribution in [1.29, 1.82) is 0 Å². The number of nitrogens with one attached hydrogen (secondary N) is 1. The number of ether oxygens (including phenoxy) is 1. The van der Waals surface area contributed by atoms with Crippen molar-refractivity contribution in [3.8, 4) is 5.75 Å². The summed E-state index contributed by atoms with van der Waals surface area (Å²) in [5, 5.41) is 3.52. The average molecular weight is 294 g/mol. The highest BCUT2D eigenvalue weighted by Gasteiger charge is 2.24. The molecule has 1 heterocycles. The standard InChI is InChI=1S/C17H27FN2O/c1-4-20-10-6-7-14(12-20)13(3)19-16-9-8-15(18)11-17(16)21-5-2/h8-9,11,13-14,19H,4-7,10,12H2,1-3H3. The molecule has 1 aliphatic rings. The number of hydrogen-bond donors (Lipinski definition) is 1. The van der Waals surface area contributed by atoms with Crippen LogP contribution >= 0.6 is 0 Å². The molecule has 1 fully saturated rings. The molecule has 0 spiro atoms. The fourth-order valence-electron chi connectivity index (χ4n) is 3.04. The highest BCUT2D eigenvalue weighted by Crippen LogP contribution is 2.29. The number of halogens is 1. The van der Waals surface area contributed by atoms with Gasteiger partial charge in [-0.05, 0) is 57.8 Å². The number of nitrogens with zero attached hydrogens (tertiary/aromatic N) is 1. The molecule has 21 heavy (non-hydrogen) atoms. The zero-order valence-corrected chi connectivity index (χ0v) is 13.4. The van der Waals surface area contributed by atoms with Crippen LogP contribution in [0.4, 0.5) is 10.1 Å². The largest absolute Gasteiger partial charge is 0.492 e. The molecule has 0 aliphatic carbocycles. The monoisotopic (exact) mass is 294 g/mol. The number of anilines is 1. The van der Waals surface area contributed by atoms with E-state index in [1.54, 1.807) is 6.07 Å². The Morgan fingerprint density at radius 3 is 2.95 bits per heavy atom. The lowest BCUT2D eigenvalue weighted by Gasteiger charge is -2.36. The van der Waals surface area contributed by atoms with Crippen LogP contribution in [0.2, 0.25) is 0 Å². The van der Waals surface area contributed by atoms with Gasteiger partial charge >= 0.3 is 0 Å². The second kappa shape index (κ2) is 7.64. The highest BCUT2D eigenvalue weighted by molar-refractivity contribution is 5.57. The topological polar surface area (TPSA) is 24.5 Å². The van der Waals surface area contributed by atoms with Gasteiger partial charge in [-0.15, -0.1) is 0 Å². The Bertz CT molecular complexity index is 452. The Morgan fingerprint density at radius 1 is 1.43 bits per heavy atom. The highest BCUT2D eigenvalue weighted by atomic mass is 19.1. The second-order valence-corrected chi connectivity index (χ2v) is 5.80. The van der Waals surface area contributed by atoms with Crippen LogP contribution in [-0.2, 0) is 0 Å². The van der Waals surface area contributed by atoms with Gasteiger partial charge < -0.3 is 15.0 Å². The first kappa shape index (κ1) is 16.1. The Hall–Kier alpha value is -1.29. The van der Waals surface area contributed by atoms with Crippen molar-refractivity contribution in [2.24, 2.45) is 5.92 Å². The maximum Gasteiger partial charge on any atom is 0.145 e. The minimum absolute atomic E-state index is 0.258. The number of piperidine rings is 1. The van der Waals surface area contributed by atoms with Crippen LogP contribution in [0.1, 0.15) is 33.6 Å². The van der Waals surface area contributed by atoms with Crippen LogP contribution in [0.5, 0.6) is 5.75 Å². The van der Waals surface area contributed by atoms with E-state index in [4.69, 9.17) is 4.74 Å². The summed E-state index contributed by atoms with van der Waals surface area (Å²) in [7, 11) is 0. The molecule has 1 aromatic rings. The molecule has 0 aromatic heterocycles. The third kappa shape index (κ3) is 4.34. The normalized spacial score (nSPS) is 21.0. The maximum atomic E-state index is 13.3. The lowest BCUT2D eigenvalue weighted by atomic mass is 9.91. The van der Waals surface area contributed by atoms with Gasteiger partial charge in [-0.1, -0.05) is 6.92 Å². The maximum absolute atomic E-state index is 13.3. The molecule has 1 saturated heterocycles. The van der Waals surface area contributed by atoms with E-state index in [0.717, 1.165) is 18.8 Å². The van der Waals surface area contributed by atoms with Crippen molar-refractivity contribution >= 4 is 5.69 Å². The van der Waals surface area contributed by atoms with Crippen LogP contribution in [0.3, 0.4) is 0 Å². The zero-order chi connectivity index (χ0) is 15.2. The average Bonchev–Trinajstić information content (AvgIpc) is 2.50. The van der Waals surface area contributed by atoms with Crippen LogP contribution < -0.4 is 10.1 Å². The smallest absolute Gasteiger partial charge is 0.145 e. The van der Waals surface area contributed by atoms with E-state index in [9.17, 15) is 4.39 Å². The molecule has 0 amide bonds. The fraction of sp³-hybridized carbons (Fsp3) is 0.647. The number of likely N-dealkylation sites (tertiary alicyclic amines) is 1. The van der Waals surface area contributed by atoms with E-state index >= 15 is 0 Å². The van der Waals surface area contributed by atoms with Crippen LogP contribution in [0, 0.1) is 11.7 Å². The Labute approximate surface area is 127 Å². The third-order valence-electron chi connectivity index (χ3n) is 4.32. The third-order valence-corrected chi connectivity index (χ3v) is 4.32. The molecule has 0 bridgehead atoms. The summed E-state index contributed by atoms with van der Waals surface area (Å²) in [4.78, 5) is 2.50. The van der Waals surface area contributed by atoms with Gasteiger partial charge in [0.25, 0.3) is 0 Å². The van der Waals surface area contributed by atoms with E-state index in [1.807, 2.05) is 6.92 Å². The number of benzene rings is 1. The molecule has 2 rings (SSSR count). The lowest BCUT2D eigenvalue weighted by Crippen LogP contribution is -2.41. The van der Waals surface area contributed by atoms with Crippen molar-refractivity contribution in [2.45, 2.75) is 39.7 Å². The van der Waals surface area contributed by atoms with Crippen molar-refractivity contribution in [1.82, 2.24) is 4.90 Å². The molecule has 0 radical (unpaired) electrons. The van der Waals surface area contributed by atoms with Crippen molar-refractivity contribution in [3.63, 3.8) is 0 Å². The fourth-order valence-corrected chi connectivity index (χ4v) is 3.04. The molecule has 2 atom stereocenters. The summed E-state index contributed by atoms with van der Waals surface area (Å²) in [6.45, 7) is 10.3. The van der Waals surface area contributed by atoms with Crippen LogP contribution in [0.25, 0.3) is 0 Å². The lowest BCUT2D eigenvalue weighted by molar-refractivity contribution is 0.172. The van der Waals surface area contributed by atoms with E-state index < -0.39 is 0 Å². The Balaban J connectivity index is 2.03. The summed E-state index contributed by atoms with van der Waals surface area (Å²) in [6, 6.07) is 5.07. The summed E-state index contributed by atoms with van der Waals surface area (Å²) < 4.78 is 18.9. The molecule has 0 saturated carbocycles. The summed E-state index contributed by atoms with van der Waals surface area (Å²) >= 11 is 0. The van der Waals surface area contributed by atoms with Gasteiger partial charge in [0.1, 0.15) is 11.6 Å². The van der Waals surface area contributed by atoms with E-state index in [2.05, 4.69) is 24.1 Å². The Kier molecular flexibility index (Phi) is 5.85. The SMILES string of the molecule is CCOc1cc(F)ccc1NC(C)C1CCCN(CC)C1. The predicted octanol–water partition coefficient (Wildman–Crippen LogP) is 3.76. The molecule has 1 aromatic carbocycles. The van der Waals surface area contributed by atoms with E-state index in [-0.39, 0.29) is 5.82 Å². The molecular formula is C17H27FN2O. The van der Waals surface area contributed by atoms with Gasteiger partial charge in [0.15, 0.2) is 0 Å². The first-order chi connectivity index (χ1) is 10.1. The van der Waals surface area contributed by atoms with Gasteiger partial charge in [0.05, 0.1) is 12.3 Å². The number of hydrogen-bond acceptors (Lipinski definition) is 3. The molecule has 1 aliphatic heterocycles. The van der Waals surface area contributed by atoms with Crippen molar-refractivity contribution in [3.05, 3.63) is 24.0 Å². The van der Waals surface area contributed by atoms with Gasteiger partial charge in [0, 0.05) is 18.7 Å². The molecular weight excluding hydrogens is 267 g/mol. The van der Waals surface area contributed by atoms with Crippen molar-refractivity contribution < 1.29 is 9.13 Å². The van der Waals surface area contributed by atoms with Gasteiger partial charge in [0.2, 0.25) is 0 Å². The first-order valence-corrected chi connectivity index (χ1v) is 8.05. The Morgan fingerprint density at radius 2 is 2.24 bits per heavy atom. The minimum atomic E-state index is -0.258. The molecule has 2 unspecified atom stereocenters. The molecule has 3 nitrogen and oxygen atoms in total. The first-order valence-electron chi connectivity index (χ1n) is 8.05. The minimum Gasteiger partial charge on any atom is -0.492 e. The number of rotatable bonds is 6. The zero-order valence-electron chi connectivity index (χ0n) is 13.4. The van der Waals surface area contributed by atoms with Gasteiger partial charge in [-0.3, -0.25) is 0 Å². The van der Waals surface area contributed by atoms with Crippen molar-refractivity contribution in [2.75, 3.05) is 31.6 Å².